The van der Waals surface area contributed by atoms with Crippen LogP contribution < -0.4 is 4.74 Å². The molecule has 1 aromatic rings. The van der Waals surface area contributed by atoms with Crippen LogP contribution in [0.1, 0.15) is 18.4 Å². The van der Waals surface area contributed by atoms with Crippen LogP contribution in [-0.4, -0.2) is 43.6 Å². The number of hydrogen-bond donors (Lipinski definition) is 0. The topological polar surface area (TPSA) is 55.8 Å². The molecule has 2 rings (SSSR count). The zero-order chi connectivity index (χ0) is 16.5. The normalized spacial score (nSPS) is 14.5. The molecule has 0 unspecified atom stereocenters. The Morgan fingerprint density at radius 3 is 3.00 bits per heavy atom. The van der Waals surface area contributed by atoms with Crippen molar-refractivity contribution < 1.29 is 19.1 Å². The monoisotopic (exact) mass is 315 g/mol. The summed E-state index contributed by atoms with van der Waals surface area (Å²) in [7, 11) is 1.66. The van der Waals surface area contributed by atoms with Crippen LogP contribution in [0.25, 0.3) is 6.08 Å². The Labute approximate surface area is 136 Å². The lowest BCUT2D eigenvalue weighted by Gasteiger charge is -2.19. The van der Waals surface area contributed by atoms with E-state index in [9.17, 15) is 9.59 Å². The molecule has 0 saturated heterocycles. The second kappa shape index (κ2) is 8.90. The molecule has 0 spiro atoms. The highest BCUT2D eigenvalue weighted by Gasteiger charge is 2.18. The second-order valence-corrected chi connectivity index (χ2v) is 5.12. The highest BCUT2D eigenvalue weighted by molar-refractivity contribution is 6.06. The Morgan fingerprint density at radius 2 is 2.22 bits per heavy atom. The van der Waals surface area contributed by atoms with Gasteiger partial charge in [0.15, 0.2) is 0 Å². The van der Waals surface area contributed by atoms with Crippen molar-refractivity contribution >= 4 is 17.9 Å². The van der Waals surface area contributed by atoms with E-state index in [1.165, 1.54) is 17.1 Å². The molecule has 0 aromatic heterocycles. The van der Waals surface area contributed by atoms with Crippen LogP contribution in [0.5, 0.6) is 5.75 Å². The van der Waals surface area contributed by atoms with Gasteiger partial charge in [-0.3, -0.25) is 14.5 Å². The van der Waals surface area contributed by atoms with Gasteiger partial charge in [-0.15, -0.1) is 0 Å². The van der Waals surface area contributed by atoms with Crippen molar-refractivity contribution in [3.8, 4) is 5.75 Å². The molecular weight excluding hydrogens is 294 g/mol. The number of imide groups is 1. The van der Waals surface area contributed by atoms with Gasteiger partial charge in [-0.05, 0) is 36.3 Å². The van der Waals surface area contributed by atoms with E-state index in [2.05, 4.69) is 0 Å². The fourth-order valence-corrected chi connectivity index (χ4v) is 2.17. The molecule has 122 valence electrons. The molecule has 0 bridgehead atoms. The lowest BCUT2D eigenvalue weighted by atomic mass is 10.2. The molecule has 0 fully saturated rings. The molecule has 1 aromatic carbocycles. The number of methoxy groups -OCH3 is 1. The van der Waals surface area contributed by atoms with Crippen molar-refractivity contribution in [2.75, 3.05) is 26.9 Å². The average Bonchev–Trinajstić information content (AvgIpc) is 2.57. The first-order valence-electron chi connectivity index (χ1n) is 7.62. The maximum atomic E-state index is 12.0. The Bertz CT molecular complexity index is 607. The molecule has 23 heavy (non-hydrogen) atoms. The maximum Gasteiger partial charge on any atom is 0.253 e. The minimum absolute atomic E-state index is 0.263. The van der Waals surface area contributed by atoms with Gasteiger partial charge < -0.3 is 9.47 Å². The first kappa shape index (κ1) is 17.0. The van der Waals surface area contributed by atoms with Crippen LogP contribution in [0, 0.1) is 0 Å². The maximum absolute atomic E-state index is 12.0. The van der Waals surface area contributed by atoms with Crippen molar-refractivity contribution in [2.45, 2.75) is 12.8 Å². The van der Waals surface area contributed by atoms with Crippen LogP contribution in [0.4, 0.5) is 0 Å². The highest BCUT2D eigenvalue weighted by Crippen LogP contribution is 2.15. The molecule has 5 heteroatoms. The van der Waals surface area contributed by atoms with Gasteiger partial charge in [0.05, 0.1) is 6.61 Å². The summed E-state index contributed by atoms with van der Waals surface area (Å²) >= 11 is 0. The first-order chi connectivity index (χ1) is 11.2. The van der Waals surface area contributed by atoms with Gasteiger partial charge in [0.2, 0.25) is 0 Å². The number of rotatable bonds is 7. The molecular formula is C18H21NO4. The summed E-state index contributed by atoms with van der Waals surface area (Å²) < 4.78 is 10.6. The number of hydrogen-bond acceptors (Lipinski definition) is 4. The zero-order valence-electron chi connectivity index (χ0n) is 13.2. The molecule has 5 nitrogen and oxygen atoms in total. The third-order valence-electron chi connectivity index (χ3n) is 3.35. The second-order valence-electron chi connectivity index (χ2n) is 5.12. The van der Waals surface area contributed by atoms with Gasteiger partial charge in [0, 0.05) is 32.8 Å². The van der Waals surface area contributed by atoms with E-state index in [0.717, 1.165) is 17.7 Å². The molecule has 2 amide bonds. The zero-order valence-corrected chi connectivity index (χ0v) is 13.2. The molecule has 0 radical (unpaired) electrons. The third-order valence-corrected chi connectivity index (χ3v) is 3.35. The van der Waals surface area contributed by atoms with E-state index < -0.39 is 0 Å². The summed E-state index contributed by atoms with van der Waals surface area (Å²) in [6.45, 7) is 1.67. The summed E-state index contributed by atoms with van der Waals surface area (Å²) in [5.74, 6) is 0.180. The van der Waals surface area contributed by atoms with Crippen molar-refractivity contribution in [1.82, 2.24) is 4.90 Å². The molecule has 0 atom stereocenters. The molecule has 0 saturated carbocycles. The quantitative estimate of drug-likeness (QED) is 0.573. The van der Waals surface area contributed by atoms with Crippen molar-refractivity contribution in [1.29, 1.82) is 0 Å². The number of ether oxygens (including phenoxy) is 2. The fourth-order valence-electron chi connectivity index (χ4n) is 2.17. The minimum atomic E-state index is -0.300. The largest absolute Gasteiger partial charge is 0.493 e. The Kier molecular flexibility index (Phi) is 6.56. The van der Waals surface area contributed by atoms with Crippen LogP contribution >= 0.6 is 0 Å². The molecule has 1 heterocycles. The van der Waals surface area contributed by atoms with E-state index in [4.69, 9.17) is 9.47 Å². The summed E-state index contributed by atoms with van der Waals surface area (Å²) in [6.07, 6.45) is 7.84. The summed E-state index contributed by atoms with van der Waals surface area (Å²) in [5, 5.41) is 0. The lowest BCUT2D eigenvalue weighted by Crippen LogP contribution is -2.37. The summed E-state index contributed by atoms with van der Waals surface area (Å²) in [4.78, 5) is 24.9. The van der Waals surface area contributed by atoms with E-state index in [1.807, 2.05) is 24.3 Å². The number of carbonyl (C=O) groups excluding carboxylic acids is 2. The lowest BCUT2D eigenvalue weighted by molar-refractivity contribution is -0.139. The smallest absolute Gasteiger partial charge is 0.253 e. The molecule has 0 N–H and O–H groups in total. The van der Waals surface area contributed by atoms with Crippen molar-refractivity contribution in [2.24, 2.45) is 0 Å². The third kappa shape index (κ3) is 5.38. The number of carbonyl (C=O) groups is 2. The summed E-state index contributed by atoms with van der Waals surface area (Å²) in [5.41, 5.74) is 0.850. The van der Waals surface area contributed by atoms with Crippen LogP contribution in [-0.2, 0) is 14.3 Å². The first-order valence-corrected chi connectivity index (χ1v) is 7.62. The number of nitrogens with zero attached hydrogens (tertiary/aromatic N) is 1. The Balaban J connectivity index is 1.92. The molecule has 1 aliphatic heterocycles. The van der Waals surface area contributed by atoms with Gasteiger partial charge in [-0.2, -0.15) is 0 Å². The van der Waals surface area contributed by atoms with E-state index in [-0.39, 0.29) is 11.8 Å². The Morgan fingerprint density at radius 1 is 1.35 bits per heavy atom. The van der Waals surface area contributed by atoms with Crippen LogP contribution in [0.3, 0.4) is 0 Å². The van der Waals surface area contributed by atoms with Crippen LogP contribution in [0.15, 0.2) is 42.5 Å². The summed E-state index contributed by atoms with van der Waals surface area (Å²) in [6, 6.07) is 7.47. The predicted octanol–water partition coefficient (Wildman–Crippen LogP) is 2.43. The van der Waals surface area contributed by atoms with Crippen molar-refractivity contribution in [3.63, 3.8) is 0 Å². The highest BCUT2D eigenvalue weighted by atomic mass is 16.5. The minimum Gasteiger partial charge on any atom is -0.493 e. The van der Waals surface area contributed by atoms with Crippen molar-refractivity contribution in [3.05, 3.63) is 48.1 Å². The molecule has 1 aliphatic rings. The van der Waals surface area contributed by atoms with Gasteiger partial charge >= 0.3 is 0 Å². The predicted molar refractivity (Wildman–Crippen MR) is 87.9 cm³/mol. The van der Waals surface area contributed by atoms with Gasteiger partial charge in [-0.1, -0.05) is 18.2 Å². The number of benzene rings is 1. The van der Waals surface area contributed by atoms with Crippen LogP contribution in [0.2, 0.25) is 0 Å². The standard InChI is InChI=1S/C18H21NO4/c1-22-12-5-13-23-16-7-4-6-15(14-16)9-10-18(21)19-11-3-2-8-17(19)20/h2,4,6-10,14H,3,5,11-13H2,1H3/b10-9+. The average molecular weight is 315 g/mol. The van der Waals surface area contributed by atoms with E-state index >= 15 is 0 Å². The SMILES string of the molecule is COCCCOc1cccc(/C=C/C(=O)N2CCC=CC2=O)c1. The van der Waals surface area contributed by atoms with Gasteiger partial charge in [0.1, 0.15) is 5.75 Å². The fraction of sp³-hybridized carbons (Fsp3) is 0.333. The number of amides is 2. The van der Waals surface area contributed by atoms with E-state index in [0.29, 0.717) is 26.2 Å². The van der Waals surface area contributed by atoms with E-state index in [1.54, 1.807) is 19.3 Å². The van der Waals surface area contributed by atoms with Gasteiger partial charge in [0.25, 0.3) is 11.8 Å². The van der Waals surface area contributed by atoms with Gasteiger partial charge in [-0.25, -0.2) is 0 Å². The molecule has 0 aliphatic carbocycles. The Hall–Kier alpha value is -2.40.